The Kier molecular flexibility index (Phi) is 7.13. The second-order valence-electron chi connectivity index (χ2n) is 6.55. The molecule has 1 N–H and O–H groups in total. The number of hydrogen-bond acceptors (Lipinski definition) is 5. The first-order chi connectivity index (χ1) is 13.9. The Morgan fingerprint density at radius 2 is 1.86 bits per heavy atom. The Morgan fingerprint density at radius 3 is 2.52 bits per heavy atom. The third-order valence-electron chi connectivity index (χ3n) is 4.62. The smallest absolute Gasteiger partial charge is 0.243 e. The van der Waals surface area contributed by atoms with E-state index < -0.39 is 10.0 Å². The highest BCUT2D eigenvalue weighted by Gasteiger charge is 2.27. The lowest BCUT2D eigenvalue weighted by molar-refractivity contribution is -0.116. The van der Waals surface area contributed by atoms with Crippen molar-refractivity contribution in [3.05, 3.63) is 53.1 Å². The van der Waals surface area contributed by atoms with Gasteiger partial charge in [-0.1, -0.05) is 23.7 Å². The minimum atomic E-state index is -3.67. The maximum atomic E-state index is 12.8. The van der Waals surface area contributed by atoms with Gasteiger partial charge in [-0.2, -0.15) is 4.31 Å². The van der Waals surface area contributed by atoms with Crippen LogP contribution in [0.2, 0.25) is 5.02 Å². The molecule has 1 aliphatic rings. The number of methoxy groups -OCH3 is 1. The number of aryl methyl sites for hydroxylation is 1. The maximum Gasteiger partial charge on any atom is 0.243 e. The number of anilines is 1. The van der Waals surface area contributed by atoms with Gasteiger partial charge in [0, 0.05) is 19.5 Å². The van der Waals surface area contributed by atoms with Gasteiger partial charge in [0.05, 0.1) is 35.9 Å². The molecule has 2 aromatic rings. The molecule has 1 aliphatic heterocycles. The van der Waals surface area contributed by atoms with E-state index in [9.17, 15) is 13.2 Å². The Morgan fingerprint density at radius 1 is 1.17 bits per heavy atom. The van der Waals surface area contributed by atoms with Crippen LogP contribution in [0.25, 0.3) is 0 Å². The van der Waals surface area contributed by atoms with Crippen molar-refractivity contribution in [3.63, 3.8) is 0 Å². The van der Waals surface area contributed by atoms with Crippen LogP contribution in [0.15, 0.2) is 47.4 Å². The normalized spacial score (nSPS) is 15.1. The monoisotopic (exact) mass is 438 g/mol. The molecule has 0 aliphatic carbocycles. The summed E-state index contributed by atoms with van der Waals surface area (Å²) < 4.78 is 37.3. The lowest BCUT2D eigenvalue weighted by atomic mass is 10.1. The van der Waals surface area contributed by atoms with Crippen LogP contribution in [0.4, 0.5) is 5.69 Å². The zero-order valence-electron chi connectivity index (χ0n) is 16.1. The quantitative estimate of drug-likeness (QED) is 0.718. The summed E-state index contributed by atoms with van der Waals surface area (Å²) >= 11 is 6.17. The van der Waals surface area contributed by atoms with E-state index in [1.165, 1.54) is 22.5 Å². The fourth-order valence-electron chi connectivity index (χ4n) is 2.96. The molecule has 29 heavy (non-hydrogen) atoms. The van der Waals surface area contributed by atoms with Crippen molar-refractivity contribution in [3.8, 4) is 5.75 Å². The molecule has 0 bridgehead atoms. The van der Waals surface area contributed by atoms with Crippen LogP contribution < -0.4 is 10.1 Å². The molecule has 1 amide bonds. The molecule has 2 aromatic carbocycles. The van der Waals surface area contributed by atoms with Crippen molar-refractivity contribution in [1.82, 2.24) is 4.31 Å². The lowest BCUT2D eigenvalue weighted by Crippen LogP contribution is -2.40. The second kappa shape index (κ2) is 9.58. The summed E-state index contributed by atoms with van der Waals surface area (Å²) in [7, 11) is -2.07. The molecule has 0 unspecified atom stereocenters. The van der Waals surface area contributed by atoms with Crippen molar-refractivity contribution in [1.29, 1.82) is 0 Å². The third kappa shape index (κ3) is 5.48. The first-order valence-corrected chi connectivity index (χ1v) is 11.0. The zero-order valence-corrected chi connectivity index (χ0v) is 17.6. The van der Waals surface area contributed by atoms with Gasteiger partial charge in [0.1, 0.15) is 5.75 Å². The van der Waals surface area contributed by atoms with E-state index in [0.29, 0.717) is 32.7 Å². The molecule has 9 heteroatoms. The number of hydrogen-bond donors (Lipinski definition) is 1. The highest BCUT2D eigenvalue weighted by molar-refractivity contribution is 7.89. The number of nitrogens with one attached hydrogen (secondary N) is 1. The number of carbonyl (C=O) groups is 1. The fraction of sp³-hybridized carbons (Fsp3) is 0.350. The summed E-state index contributed by atoms with van der Waals surface area (Å²) in [5.74, 6) is 0.506. The van der Waals surface area contributed by atoms with E-state index in [4.69, 9.17) is 21.1 Å². The molecule has 1 saturated heterocycles. The third-order valence-corrected chi connectivity index (χ3v) is 6.84. The van der Waals surface area contributed by atoms with Crippen LogP contribution in [0, 0.1) is 0 Å². The number of halogens is 1. The Balaban J connectivity index is 1.66. The average Bonchev–Trinajstić information content (AvgIpc) is 2.74. The predicted octanol–water partition coefficient (Wildman–Crippen LogP) is 2.94. The molecule has 7 nitrogen and oxygen atoms in total. The van der Waals surface area contributed by atoms with Gasteiger partial charge in [-0.05, 0) is 42.3 Å². The van der Waals surface area contributed by atoms with Crippen LogP contribution in [0.5, 0.6) is 5.75 Å². The van der Waals surface area contributed by atoms with Crippen molar-refractivity contribution < 1.29 is 22.7 Å². The molecule has 156 valence electrons. The predicted molar refractivity (Wildman–Crippen MR) is 111 cm³/mol. The largest absolute Gasteiger partial charge is 0.497 e. The average molecular weight is 439 g/mol. The molecule has 0 aromatic heterocycles. The van der Waals surface area contributed by atoms with Crippen molar-refractivity contribution in [2.45, 2.75) is 17.7 Å². The van der Waals surface area contributed by atoms with Gasteiger partial charge >= 0.3 is 0 Å². The highest BCUT2D eigenvalue weighted by Crippen LogP contribution is 2.27. The summed E-state index contributed by atoms with van der Waals surface area (Å²) in [6.07, 6.45) is 0.780. The van der Waals surface area contributed by atoms with E-state index in [-0.39, 0.29) is 27.9 Å². The van der Waals surface area contributed by atoms with Crippen molar-refractivity contribution in [2.75, 3.05) is 38.7 Å². The van der Waals surface area contributed by atoms with E-state index in [1.54, 1.807) is 7.11 Å². The Bertz CT molecular complexity index is 957. The first-order valence-electron chi connectivity index (χ1n) is 9.20. The maximum absolute atomic E-state index is 12.8. The van der Waals surface area contributed by atoms with Crippen LogP contribution in [0.1, 0.15) is 12.0 Å². The Hall–Kier alpha value is -2.13. The highest BCUT2D eigenvalue weighted by atomic mass is 35.5. The van der Waals surface area contributed by atoms with Gasteiger partial charge in [0.25, 0.3) is 0 Å². The molecule has 0 atom stereocenters. The summed E-state index contributed by atoms with van der Waals surface area (Å²) in [6.45, 7) is 1.33. The molecule has 3 rings (SSSR count). The molecule has 0 spiro atoms. The number of amides is 1. The van der Waals surface area contributed by atoms with E-state index in [2.05, 4.69) is 5.32 Å². The minimum absolute atomic E-state index is 0.0919. The molecule has 0 saturated carbocycles. The fourth-order valence-corrected chi connectivity index (χ4v) is 4.56. The minimum Gasteiger partial charge on any atom is -0.497 e. The van der Waals surface area contributed by atoms with E-state index >= 15 is 0 Å². The van der Waals surface area contributed by atoms with Gasteiger partial charge in [0.15, 0.2) is 0 Å². The number of rotatable bonds is 7. The summed E-state index contributed by atoms with van der Waals surface area (Å²) in [4.78, 5) is 12.4. The molecular weight excluding hydrogens is 416 g/mol. The van der Waals surface area contributed by atoms with Gasteiger partial charge < -0.3 is 14.8 Å². The second-order valence-corrected chi connectivity index (χ2v) is 8.90. The topological polar surface area (TPSA) is 84.9 Å². The van der Waals surface area contributed by atoms with Gasteiger partial charge in [-0.25, -0.2) is 8.42 Å². The van der Waals surface area contributed by atoms with Crippen LogP contribution in [0.3, 0.4) is 0 Å². The molecule has 0 radical (unpaired) electrons. The van der Waals surface area contributed by atoms with Crippen LogP contribution in [-0.4, -0.2) is 52.0 Å². The number of benzene rings is 2. The number of sulfonamides is 1. The standard InChI is InChI=1S/C20H23ClN2O5S/c1-27-16-5-2-15(3-6-16)4-9-20(24)22-19-14-17(7-8-18(19)21)29(25,26)23-10-12-28-13-11-23/h2-3,5-8,14H,4,9-13H2,1H3,(H,22,24). The van der Waals surface area contributed by atoms with Crippen molar-refractivity contribution >= 4 is 33.2 Å². The van der Waals surface area contributed by atoms with Crippen LogP contribution in [-0.2, 0) is 26.0 Å². The van der Waals surface area contributed by atoms with Gasteiger partial charge in [0.2, 0.25) is 15.9 Å². The number of morpholine rings is 1. The SMILES string of the molecule is COc1ccc(CCC(=O)Nc2cc(S(=O)(=O)N3CCOCC3)ccc2Cl)cc1. The van der Waals surface area contributed by atoms with E-state index in [0.717, 1.165) is 11.3 Å². The summed E-state index contributed by atoms with van der Waals surface area (Å²) in [5, 5.41) is 3.00. The summed E-state index contributed by atoms with van der Waals surface area (Å²) in [5.41, 5.74) is 1.27. The van der Waals surface area contributed by atoms with Gasteiger partial charge in [-0.3, -0.25) is 4.79 Å². The van der Waals surface area contributed by atoms with Crippen molar-refractivity contribution in [2.24, 2.45) is 0 Å². The zero-order chi connectivity index (χ0) is 20.9. The number of carbonyl (C=O) groups excluding carboxylic acids is 1. The molecular formula is C20H23ClN2O5S. The molecule has 1 fully saturated rings. The first kappa shape index (κ1) is 21.6. The van der Waals surface area contributed by atoms with Crippen LogP contribution >= 0.6 is 11.6 Å². The molecule has 1 heterocycles. The number of nitrogens with zero attached hydrogens (tertiary/aromatic N) is 1. The Labute approximate surface area is 175 Å². The van der Waals surface area contributed by atoms with Gasteiger partial charge in [-0.15, -0.1) is 0 Å². The number of ether oxygens (including phenoxy) is 2. The van der Waals surface area contributed by atoms with E-state index in [1.807, 2.05) is 24.3 Å². The lowest BCUT2D eigenvalue weighted by Gasteiger charge is -2.26. The summed E-state index contributed by atoms with van der Waals surface area (Å²) in [6, 6.07) is 11.8.